The van der Waals surface area contributed by atoms with Crippen LogP contribution in [0.1, 0.15) is 24.5 Å². The number of rotatable bonds is 14. The number of amides is 3. The third-order valence-corrected chi connectivity index (χ3v) is 6.52. The Balaban J connectivity index is 1.91. The summed E-state index contributed by atoms with van der Waals surface area (Å²) < 4.78 is 0. The summed E-state index contributed by atoms with van der Waals surface area (Å²) in [5.41, 5.74) is 7.61. The molecule has 0 fully saturated rings. The Morgan fingerprint density at radius 2 is 1.45 bits per heavy atom. The van der Waals surface area contributed by atoms with Crippen molar-refractivity contribution < 1.29 is 44.4 Å². The van der Waals surface area contributed by atoms with Gasteiger partial charge >= 0.3 is 11.9 Å². The number of aromatic nitrogens is 1. The van der Waals surface area contributed by atoms with E-state index in [4.69, 9.17) is 10.8 Å². The Labute approximate surface area is 239 Å². The molecule has 3 rings (SSSR count). The summed E-state index contributed by atoms with van der Waals surface area (Å²) in [7, 11) is 0. The molecule has 0 saturated heterocycles. The van der Waals surface area contributed by atoms with Crippen molar-refractivity contribution in [2.75, 3.05) is 0 Å². The Morgan fingerprint density at radius 1 is 0.857 bits per heavy atom. The highest BCUT2D eigenvalue weighted by molar-refractivity contribution is 5.95. The van der Waals surface area contributed by atoms with E-state index >= 15 is 0 Å². The fraction of sp³-hybridized carbons (Fsp3) is 0.321. The van der Waals surface area contributed by atoms with E-state index in [2.05, 4.69) is 20.9 Å². The molecular formula is C28H33N5O9. The van der Waals surface area contributed by atoms with Gasteiger partial charge in [-0.15, -0.1) is 0 Å². The molecule has 0 aliphatic carbocycles. The molecule has 3 aromatic rings. The zero-order valence-electron chi connectivity index (χ0n) is 22.6. The lowest BCUT2D eigenvalue weighted by molar-refractivity contribution is -0.145. The summed E-state index contributed by atoms with van der Waals surface area (Å²) in [6.45, 7) is 1.18. The van der Waals surface area contributed by atoms with Crippen molar-refractivity contribution in [3.63, 3.8) is 0 Å². The normalized spacial score (nSPS) is 14.6. The largest absolute Gasteiger partial charge is 0.508 e. The van der Waals surface area contributed by atoms with Gasteiger partial charge < -0.3 is 47.1 Å². The first-order valence-corrected chi connectivity index (χ1v) is 13.0. The number of carboxylic acids is 2. The lowest BCUT2D eigenvalue weighted by Crippen LogP contribution is -2.59. The van der Waals surface area contributed by atoms with E-state index in [1.54, 1.807) is 18.3 Å². The standard InChI is InChI=1S/C28H33N5O9/c1-14(34)24(28(41)42)33-27(40)21(10-15-6-8-17(35)9-7-15)32-26(39)22(31-25(38)19(29)12-23(36)37)11-16-13-30-20-5-3-2-4-18(16)20/h2-9,13-14,19,21-22,24,30,34-35H,10-12,29H2,1H3,(H,31,38)(H,32,39)(H,33,40)(H,36,37)(H,41,42). The third-order valence-electron chi connectivity index (χ3n) is 6.52. The molecule has 224 valence electrons. The maximum Gasteiger partial charge on any atom is 0.328 e. The highest BCUT2D eigenvalue weighted by atomic mass is 16.4. The van der Waals surface area contributed by atoms with Crippen LogP contribution in [-0.4, -0.2) is 85.3 Å². The molecule has 1 aromatic heterocycles. The zero-order chi connectivity index (χ0) is 31.0. The van der Waals surface area contributed by atoms with Crippen LogP contribution in [-0.2, 0) is 36.8 Å². The molecule has 2 aromatic carbocycles. The van der Waals surface area contributed by atoms with Gasteiger partial charge in [-0.1, -0.05) is 30.3 Å². The number of aliphatic hydroxyl groups is 1. The van der Waals surface area contributed by atoms with Crippen LogP contribution >= 0.6 is 0 Å². The van der Waals surface area contributed by atoms with Crippen LogP contribution in [0.25, 0.3) is 10.9 Å². The van der Waals surface area contributed by atoms with Gasteiger partial charge in [0.05, 0.1) is 18.6 Å². The van der Waals surface area contributed by atoms with Gasteiger partial charge in [-0.2, -0.15) is 0 Å². The quantitative estimate of drug-likeness (QED) is 0.116. The molecule has 10 N–H and O–H groups in total. The lowest BCUT2D eigenvalue weighted by atomic mass is 10.0. The van der Waals surface area contributed by atoms with Crippen molar-refractivity contribution in [3.8, 4) is 5.75 Å². The van der Waals surface area contributed by atoms with E-state index in [9.17, 15) is 39.3 Å². The van der Waals surface area contributed by atoms with Crippen molar-refractivity contribution >= 4 is 40.6 Å². The van der Waals surface area contributed by atoms with Crippen molar-refractivity contribution in [1.82, 2.24) is 20.9 Å². The molecule has 42 heavy (non-hydrogen) atoms. The first-order chi connectivity index (χ1) is 19.8. The zero-order valence-corrected chi connectivity index (χ0v) is 22.6. The first kappa shape index (κ1) is 31.6. The van der Waals surface area contributed by atoms with Gasteiger partial charge in [0.2, 0.25) is 17.7 Å². The maximum atomic E-state index is 13.6. The minimum Gasteiger partial charge on any atom is -0.508 e. The number of aromatic hydroxyl groups is 1. The second-order valence-electron chi connectivity index (χ2n) is 9.83. The smallest absolute Gasteiger partial charge is 0.328 e. The predicted octanol–water partition coefficient (Wildman–Crippen LogP) is -0.619. The number of aliphatic carboxylic acids is 2. The number of carbonyl (C=O) groups is 5. The number of aliphatic hydroxyl groups excluding tert-OH is 1. The van der Waals surface area contributed by atoms with E-state index < -0.39 is 66.4 Å². The number of phenolic OH excluding ortho intramolecular Hbond substituents is 1. The Hall–Kier alpha value is -4.95. The van der Waals surface area contributed by atoms with Crippen LogP contribution in [0.15, 0.2) is 54.7 Å². The molecule has 0 saturated carbocycles. The van der Waals surface area contributed by atoms with Crippen molar-refractivity contribution in [3.05, 3.63) is 65.9 Å². The Bertz CT molecular complexity index is 1440. The minimum absolute atomic E-state index is 0.0389. The fourth-order valence-electron chi connectivity index (χ4n) is 4.28. The second kappa shape index (κ2) is 14.1. The molecule has 0 bridgehead atoms. The predicted molar refractivity (Wildman–Crippen MR) is 149 cm³/mol. The summed E-state index contributed by atoms with van der Waals surface area (Å²) in [5, 5.41) is 45.9. The van der Waals surface area contributed by atoms with Crippen LogP contribution < -0.4 is 21.7 Å². The number of hydrogen-bond donors (Lipinski definition) is 9. The Morgan fingerprint density at radius 3 is 2.07 bits per heavy atom. The van der Waals surface area contributed by atoms with E-state index in [1.807, 2.05) is 12.1 Å². The van der Waals surface area contributed by atoms with Crippen LogP contribution in [0.2, 0.25) is 0 Å². The van der Waals surface area contributed by atoms with Gasteiger partial charge in [0, 0.05) is 29.9 Å². The molecule has 0 aliphatic rings. The highest BCUT2D eigenvalue weighted by Gasteiger charge is 2.32. The van der Waals surface area contributed by atoms with Gasteiger partial charge in [-0.05, 0) is 36.2 Å². The van der Waals surface area contributed by atoms with E-state index in [0.29, 0.717) is 11.1 Å². The van der Waals surface area contributed by atoms with Crippen LogP contribution in [0, 0.1) is 0 Å². The number of aromatic amines is 1. The topological polar surface area (TPSA) is 244 Å². The summed E-state index contributed by atoms with van der Waals surface area (Å²) in [4.78, 5) is 65.3. The van der Waals surface area contributed by atoms with Crippen LogP contribution in [0.5, 0.6) is 5.75 Å². The number of fused-ring (bicyclic) bond motifs is 1. The molecule has 5 atom stereocenters. The molecule has 5 unspecified atom stereocenters. The monoisotopic (exact) mass is 583 g/mol. The molecule has 14 heteroatoms. The number of hydrogen-bond acceptors (Lipinski definition) is 8. The molecule has 0 spiro atoms. The average molecular weight is 584 g/mol. The van der Waals surface area contributed by atoms with Gasteiger partial charge in [0.1, 0.15) is 17.8 Å². The number of nitrogens with one attached hydrogen (secondary N) is 4. The SMILES string of the molecule is CC(O)C(NC(=O)C(Cc1ccc(O)cc1)NC(=O)C(Cc1c[nH]c2ccccc12)NC(=O)C(N)CC(=O)O)C(=O)O. The minimum atomic E-state index is -1.67. The van der Waals surface area contributed by atoms with E-state index in [0.717, 1.165) is 10.9 Å². The van der Waals surface area contributed by atoms with Crippen molar-refractivity contribution in [1.29, 1.82) is 0 Å². The van der Waals surface area contributed by atoms with Gasteiger partial charge in [0.25, 0.3) is 0 Å². The van der Waals surface area contributed by atoms with E-state index in [-0.39, 0.29) is 18.6 Å². The number of H-pyrrole nitrogens is 1. The van der Waals surface area contributed by atoms with Crippen molar-refractivity contribution in [2.45, 2.75) is 56.5 Å². The van der Waals surface area contributed by atoms with Gasteiger partial charge in [-0.25, -0.2) is 4.79 Å². The average Bonchev–Trinajstić information content (AvgIpc) is 3.33. The number of nitrogens with two attached hydrogens (primary N) is 1. The molecular weight excluding hydrogens is 550 g/mol. The second-order valence-corrected chi connectivity index (χ2v) is 9.83. The number of phenols is 1. The molecule has 14 nitrogen and oxygen atoms in total. The molecule has 1 heterocycles. The fourth-order valence-corrected chi connectivity index (χ4v) is 4.28. The molecule has 0 aliphatic heterocycles. The number of carboxylic acid groups (broad SMARTS) is 2. The number of carbonyl (C=O) groups excluding carboxylic acids is 3. The third kappa shape index (κ3) is 8.52. The first-order valence-electron chi connectivity index (χ1n) is 13.0. The van der Waals surface area contributed by atoms with Crippen molar-refractivity contribution in [2.24, 2.45) is 5.73 Å². The molecule has 0 radical (unpaired) electrons. The van der Waals surface area contributed by atoms with Gasteiger partial charge in [-0.3, -0.25) is 19.2 Å². The molecule has 3 amide bonds. The number of benzene rings is 2. The van der Waals surface area contributed by atoms with Gasteiger partial charge in [0.15, 0.2) is 6.04 Å². The summed E-state index contributed by atoms with van der Waals surface area (Å²) in [6.07, 6.45) is -0.707. The lowest BCUT2D eigenvalue weighted by Gasteiger charge is -2.26. The highest BCUT2D eigenvalue weighted by Crippen LogP contribution is 2.19. The summed E-state index contributed by atoms with van der Waals surface area (Å²) >= 11 is 0. The summed E-state index contributed by atoms with van der Waals surface area (Å²) in [5.74, 6) is -5.51. The summed E-state index contributed by atoms with van der Waals surface area (Å²) in [6, 6.07) is 7.12. The van der Waals surface area contributed by atoms with Crippen LogP contribution in [0.4, 0.5) is 0 Å². The van der Waals surface area contributed by atoms with Crippen LogP contribution in [0.3, 0.4) is 0 Å². The maximum absolute atomic E-state index is 13.6. The van der Waals surface area contributed by atoms with E-state index in [1.165, 1.54) is 31.2 Å². The number of para-hydroxylation sites is 1. The Kier molecular flexibility index (Phi) is 10.6.